The van der Waals surface area contributed by atoms with Crippen LogP contribution in [0.25, 0.3) is 0 Å². The first-order chi connectivity index (χ1) is 8.13. The van der Waals surface area contributed by atoms with Gasteiger partial charge in [-0.3, -0.25) is 0 Å². The highest BCUT2D eigenvalue weighted by molar-refractivity contribution is 7.99. The van der Waals surface area contributed by atoms with Gasteiger partial charge in [-0.15, -0.1) is 11.3 Å². The van der Waals surface area contributed by atoms with Crippen LogP contribution in [0.1, 0.15) is 43.0 Å². The molecule has 1 N–H and O–H groups in total. The Kier molecular flexibility index (Phi) is 7.24. The fourth-order valence-corrected chi connectivity index (χ4v) is 3.82. The van der Waals surface area contributed by atoms with Gasteiger partial charge >= 0.3 is 0 Å². The summed E-state index contributed by atoms with van der Waals surface area (Å²) in [6, 6.07) is 5.05. The highest BCUT2D eigenvalue weighted by atomic mass is 32.2. The highest BCUT2D eigenvalue weighted by Gasteiger charge is 2.12. The Morgan fingerprint density at radius 1 is 1.29 bits per heavy atom. The summed E-state index contributed by atoms with van der Waals surface area (Å²) in [6.07, 6.45) is 1.20. The van der Waals surface area contributed by atoms with Crippen LogP contribution < -0.4 is 5.32 Å². The summed E-state index contributed by atoms with van der Waals surface area (Å²) in [7, 11) is 0. The van der Waals surface area contributed by atoms with E-state index in [1.807, 2.05) is 11.3 Å². The molecule has 0 bridgehead atoms. The van der Waals surface area contributed by atoms with E-state index in [0.717, 1.165) is 12.5 Å². The van der Waals surface area contributed by atoms with E-state index < -0.39 is 0 Å². The molecule has 1 heterocycles. The number of thioether (sulfide) groups is 1. The molecule has 0 aliphatic carbocycles. The third-order valence-corrected chi connectivity index (χ3v) is 5.07. The summed E-state index contributed by atoms with van der Waals surface area (Å²) in [6.45, 7) is 10.1. The van der Waals surface area contributed by atoms with E-state index in [0.29, 0.717) is 6.04 Å². The average molecular weight is 271 g/mol. The minimum atomic E-state index is 0.539. The molecule has 0 aliphatic heterocycles. The lowest BCUT2D eigenvalue weighted by atomic mass is 10.2. The largest absolute Gasteiger partial charge is 0.309 e. The maximum Gasteiger partial charge on any atom is 0.0506 e. The van der Waals surface area contributed by atoms with E-state index in [-0.39, 0.29) is 0 Å². The molecule has 98 valence electrons. The van der Waals surface area contributed by atoms with Crippen molar-refractivity contribution < 1.29 is 0 Å². The van der Waals surface area contributed by atoms with Crippen LogP contribution in [0, 0.1) is 12.8 Å². The Morgan fingerprint density at radius 3 is 2.59 bits per heavy atom. The van der Waals surface area contributed by atoms with Crippen LogP contribution in [-0.4, -0.2) is 18.1 Å². The van der Waals surface area contributed by atoms with Crippen molar-refractivity contribution >= 4 is 23.1 Å². The molecular formula is C14H25NS2. The first kappa shape index (κ1) is 15.1. The summed E-state index contributed by atoms with van der Waals surface area (Å²) in [4.78, 5) is 2.91. The Hall–Kier alpha value is 0.01000. The molecule has 0 amide bonds. The molecule has 0 radical (unpaired) electrons. The van der Waals surface area contributed by atoms with E-state index in [4.69, 9.17) is 0 Å². The number of thiophene rings is 1. The fraction of sp³-hybridized carbons (Fsp3) is 0.714. The Balaban J connectivity index is 2.48. The molecule has 17 heavy (non-hydrogen) atoms. The topological polar surface area (TPSA) is 12.0 Å². The van der Waals surface area contributed by atoms with Gasteiger partial charge in [0.2, 0.25) is 0 Å². The summed E-state index contributed by atoms with van der Waals surface area (Å²) >= 11 is 4.00. The molecule has 0 aromatic carbocycles. The zero-order chi connectivity index (χ0) is 12.7. The van der Waals surface area contributed by atoms with Gasteiger partial charge in [0.15, 0.2) is 0 Å². The van der Waals surface area contributed by atoms with Crippen LogP contribution in [-0.2, 0) is 0 Å². The standard InChI is InChI=1S/C14H25NS2/c1-5-8-15-13(10-16-9-11(2)3)14-7-6-12(4)17-14/h6-7,11,13,15H,5,8-10H2,1-4H3. The zero-order valence-corrected chi connectivity index (χ0v) is 13.1. The van der Waals surface area contributed by atoms with Crippen molar-refractivity contribution in [2.24, 2.45) is 5.92 Å². The van der Waals surface area contributed by atoms with Crippen molar-refractivity contribution in [3.05, 3.63) is 21.9 Å². The quantitative estimate of drug-likeness (QED) is 0.748. The van der Waals surface area contributed by atoms with Gasteiger partial charge < -0.3 is 5.32 Å². The first-order valence-corrected chi connectivity index (χ1v) is 8.48. The number of hydrogen-bond donors (Lipinski definition) is 1. The number of aryl methyl sites for hydroxylation is 1. The number of rotatable bonds is 8. The number of nitrogens with one attached hydrogen (secondary N) is 1. The molecule has 0 aliphatic rings. The maximum absolute atomic E-state index is 3.66. The minimum absolute atomic E-state index is 0.539. The van der Waals surface area contributed by atoms with Gasteiger partial charge in [-0.2, -0.15) is 11.8 Å². The first-order valence-electron chi connectivity index (χ1n) is 6.51. The van der Waals surface area contributed by atoms with Crippen LogP contribution in [0.3, 0.4) is 0 Å². The smallest absolute Gasteiger partial charge is 0.0506 e. The van der Waals surface area contributed by atoms with Crippen LogP contribution >= 0.6 is 23.1 Å². The lowest BCUT2D eigenvalue weighted by molar-refractivity contribution is 0.584. The highest BCUT2D eigenvalue weighted by Crippen LogP contribution is 2.26. The van der Waals surface area contributed by atoms with E-state index in [9.17, 15) is 0 Å². The lowest BCUT2D eigenvalue weighted by Crippen LogP contribution is -2.23. The third kappa shape index (κ3) is 5.94. The van der Waals surface area contributed by atoms with Crippen molar-refractivity contribution in [1.82, 2.24) is 5.32 Å². The van der Waals surface area contributed by atoms with Gasteiger partial charge in [0.25, 0.3) is 0 Å². The van der Waals surface area contributed by atoms with Gasteiger partial charge in [0, 0.05) is 15.5 Å². The van der Waals surface area contributed by atoms with Crippen LogP contribution in [0.5, 0.6) is 0 Å². The summed E-state index contributed by atoms with van der Waals surface area (Å²) in [5.41, 5.74) is 0. The van der Waals surface area contributed by atoms with Crippen LogP contribution in [0.2, 0.25) is 0 Å². The molecule has 0 saturated carbocycles. The van der Waals surface area contributed by atoms with Gasteiger partial charge in [0.1, 0.15) is 0 Å². The Labute approximate surface area is 114 Å². The molecule has 0 spiro atoms. The van der Waals surface area contributed by atoms with E-state index in [1.54, 1.807) is 0 Å². The molecule has 0 fully saturated rings. The monoisotopic (exact) mass is 271 g/mol. The minimum Gasteiger partial charge on any atom is -0.309 e. The molecule has 3 heteroatoms. The molecule has 1 aromatic rings. The fourth-order valence-electron chi connectivity index (χ4n) is 1.62. The predicted molar refractivity (Wildman–Crippen MR) is 82.3 cm³/mol. The van der Waals surface area contributed by atoms with Gasteiger partial charge in [-0.25, -0.2) is 0 Å². The molecule has 1 nitrogen and oxygen atoms in total. The molecule has 1 aromatic heterocycles. The normalized spacial score (nSPS) is 13.2. The summed E-state index contributed by atoms with van der Waals surface area (Å²) < 4.78 is 0. The van der Waals surface area contributed by atoms with Crippen molar-refractivity contribution in [3.8, 4) is 0 Å². The van der Waals surface area contributed by atoms with Gasteiger partial charge in [-0.05, 0) is 43.7 Å². The average Bonchev–Trinajstić information content (AvgIpc) is 2.69. The Morgan fingerprint density at radius 2 is 2.06 bits per heavy atom. The molecule has 1 atom stereocenters. The van der Waals surface area contributed by atoms with Crippen molar-refractivity contribution in [1.29, 1.82) is 0 Å². The number of hydrogen-bond acceptors (Lipinski definition) is 3. The maximum atomic E-state index is 3.66. The van der Waals surface area contributed by atoms with Gasteiger partial charge in [-0.1, -0.05) is 20.8 Å². The third-order valence-electron chi connectivity index (χ3n) is 2.48. The van der Waals surface area contributed by atoms with Crippen LogP contribution in [0.4, 0.5) is 0 Å². The second-order valence-electron chi connectivity index (χ2n) is 4.89. The van der Waals surface area contributed by atoms with Crippen molar-refractivity contribution in [3.63, 3.8) is 0 Å². The second kappa shape index (κ2) is 8.17. The van der Waals surface area contributed by atoms with Gasteiger partial charge in [0.05, 0.1) is 6.04 Å². The molecule has 1 unspecified atom stereocenters. The molecule has 0 saturated heterocycles. The van der Waals surface area contributed by atoms with Crippen molar-refractivity contribution in [2.75, 3.05) is 18.1 Å². The van der Waals surface area contributed by atoms with Crippen LogP contribution in [0.15, 0.2) is 12.1 Å². The second-order valence-corrected chi connectivity index (χ2v) is 7.28. The zero-order valence-electron chi connectivity index (χ0n) is 11.5. The summed E-state index contributed by atoms with van der Waals surface area (Å²) in [5, 5.41) is 3.66. The van der Waals surface area contributed by atoms with E-state index in [1.165, 1.54) is 27.7 Å². The van der Waals surface area contributed by atoms with E-state index >= 15 is 0 Å². The summed E-state index contributed by atoms with van der Waals surface area (Å²) in [5.74, 6) is 3.24. The lowest BCUT2D eigenvalue weighted by Gasteiger charge is -2.17. The Bertz CT molecular complexity index is 307. The molecule has 1 rings (SSSR count). The predicted octanol–water partition coefficient (Wildman–Crippen LogP) is 4.49. The molecular weight excluding hydrogens is 246 g/mol. The van der Waals surface area contributed by atoms with Crippen molar-refractivity contribution in [2.45, 2.75) is 40.2 Å². The van der Waals surface area contributed by atoms with E-state index in [2.05, 4.69) is 56.9 Å². The SMILES string of the molecule is CCCNC(CSCC(C)C)c1ccc(C)s1.